The van der Waals surface area contributed by atoms with Gasteiger partial charge in [-0.1, -0.05) is 0 Å². The molecule has 6 rings (SSSR count). The normalized spacial score (nSPS) is 13.3. The van der Waals surface area contributed by atoms with Gasteiger partial charge in [-0.25, -0.2) is 14.5 Å². The molecule has 0 saturated heterocycles. The summed E-state index contributed by atoms with van der Waals surface area (Å²) in [4.78, 5) is 39.7. The maximum atomic E-state index is 13.4. The summed E-state index contributed by atoms with van der Waals surface area (Å²) in [5.41, 5.74) is -0.682. The lowest BCUT2D eigenvalue weighted by Crippen LogP contribution is -2.29. The van der Waals surface area contributed by atoms with Gasteiger partial charge in [0.25, 0.3) is 5.56 Å². The molecule has 5 heterocycles. The van der Waals surface area contributed by atoms with Crippen molar-refractivity contribution in [3.05, 3.63) is 58.0 Å². The maximum absolute atomic E-state index is 13.4. The van der Waals surface area contributed by atoms with Gasteiger partial charge in [0.1, 0.15) is 28.4 Å². The Morgan fingerprint density at radius 2 is 1.91 bits per heavy atom. The third-order valence-corrected chi connectivity index (χ3v) is 7.18. The molecular weight excluding hydrogens is 569 g/mol. The van der Waals surface area contributed by atoms with Crippen LogP contribution in [0, 0.1) is 24.2 Å². The van der Waals surface area contributed by atoms with Gasteiger partial charge in [-0.2, -0.15) is 28.5 Å². The largest absolute Gasteiger partial charge is 0.450 e. The molecule has 13 nitrogen and oxygen atoms in total. The number of imidazole rings is 1. The van der Waals surface area contributed by atoms with Crippen molar-refractivity contribution in [3.63, 3.8) is 0 Å². The van der Waals surface area contributed by atoms with Gasteiger partial charge in [0, 0.05) is 33.3 Å². The molecule has 0 aliphatic heterocycles. The molecule has 0 aromatic carbocycles. The number of amides is 1. The highest BCUT2D eigenvalue weighted by Gasteiger charge is 2.34. The van der Waals surface area contributed by atoms with E-state index in [1.54, 1.807) is 20.2 Å². The number of anilines is 3. The molecule has 16 heteroatoms. The Morgan fingerprint density at radius 3 is 2.58 bits per heavy atom. The molecular formula is C27H23F3N10O3. The number of nitrogens with one attached hydrogen (secondary N) is 1. The number of carbonyl (C=O) groups excluding carboxylic acids is 1. The highest BCUT2D eigenvalue weighted by atomic mass is 19.4. The molecule has 0 bridgehead atoms. The highest BCUT2D eigenvalue weighted by Crippen LogP contribution is 2.36. The Bertz CT molecular complexity index is 2050. The van der Waals surface area contributed by atoms with Gasteiger partial charge in [-0.3, -0.25) is 14.5 Å². The van der Waals surface area contributed by atoms with E-state index in [1.165, 1.54) is 40.5 Å². The number of carbonyl (C=O) groups is 1. The monoisotopic (exact) mass is 592 g/mol. The van der Waals surface area contributed by atoms with Crippen molar-refractivity contribution in [2.24, 2.45) is 20.0 Å². The van der Waals surface area contributed by atoms with Crippen LogP contribution in [0.4, 0.5) is 30.6 Å². The number of ether oxygens (including phenoxy) is 1. The lowest BCUT2D eigenvalue weighted by Gasteiger charge is -2.17. The summed E-state index contributed by atoms with van der Waals surface area (Å²) in [6.07, 6.45) is 2.10. The van der Waals surface area contributed by atoms with E-state index in [4.69, 9.17) is 4.74 Å². The Hall–Kier alpha value is -5.46. The van der Waals surface area contributed by atoms with Gasteiger partial charge in [0.05, 0.1) is 29.8 Å². The number of aryl methyl sites for hydroxylation is 3. The first kappa shape index (κ1) is 27.7. The first-order valence-electron chi connectivity index (χ1n) is 13.0. The molecule has 0 radical (unpaired) electrons. The molecule has 0 unspecified atom stereocenters. The van der Waals surface area contributed by atoms with E-state index in [1.807, 2.05) is 0 Å². The number of alkyl halides is 3. The van der Waals surface area contributed by atoms with Crippen LogP contribution in [0.2, 0.25) is 0 Å². The van der Waals surface area contributed by atoms with E-state index in [9.17, 15) is 28.0 Å². The van der Waals surface area contributed by atoms with E-state index in [0.717, 1.165) is 17.4 Å². The zero-order chi connectivity index (χ0) is 30.8. The number of nitriles is 1. The van der Waals surface area contributed by atoms with Gasteiger partial charge in [0.15, 0.2) is 23.0 Å². The zero-order valence-corrected chi connectivity index (χ0v) is 23.3. The van der Waals surface area contributed by atoms with E-state index in [-0.39, 0.29) is 51.7 Å². The van der Waals surface area contributed by atoms with Crippen LogP contribution in [0.25, 0.3) is 16.7 Å². The van der Waals surface area contributed by atoms with Gasteiger partial charge in [-0.05, 0) is 25.8 Å². The predicted molar refractivity (Wildman–Crippen MR) is 147 cm³/mol. The zero-order valence-electron chi connectivity index (χ0n) is 23.3. The number of hydrogen-bond donors (Lipinski definition) is 1. The van der Waals surface area contributed by atoms with Gasteiger partial charge < -0.3 is 19.2 Å². The summed E-state index contributed by atoms with van der Waals surface area (Å²) >= 11 is 0. The predicted octanol–water partition coefficient (Wildman–Crippen LogP) is 3.82. The average Bonchev–Trinajstić information content (AvgIpc) is 3.66. The third kappa shape index (κ3) is 4.78. The van der Waals surface area contributed by atoms with Crippen LogP contribution in [-0.2, 0) is 25.1 Å². The molecule has 1 saturated carbocycles. The standard InChI is InChI=1S/C27H23F3N10O3/c1-13-21-19(10-33-40(21)12-20(34-13)38(3)24(41)14-5-6-14)43-18-9-32-23-22(16(18)8-31)39(4)26(36-23)35-17-7-15(27(28,29)30)11-37(2)25(17)42/h7,9-12,14H,5-6H2,1-4H3,(H,32,35,36). The number of pyridine rings is 2. The number of nitrogens with zero attached hydrogens (tertiary/aromatic N) is 9. The van der Waals surface area contributed by atoms with Crippen molar-refractivity contribution in [2.75, 3.05) is 17.3 Å². The summed E-state index contributed by atoms with van der Waals surface area (Å²) in [7, 11) is 4.39. The summed E-state index contributed by atoms with van der Waals surface area (Å²) in [5.74, 6) is 0.775. The maximum Gasteiger partial charge on any atom is 0.417 e. The number of aromatic nitrogens is 7. The van der Waals surface area contributed by atoms with E-state index >= 15 is 0 Å². The second-order valence-electron chi connectivity index (χ2n) is 10.2. The van der Waals surface area contributed by atoms with Crippen LogP contribution in [0.3, 0.4) is 0 Å². The number of hydrogen-bond acceptors (Lipinski definition) is 9. The van der Waals surface area contributed by atoms with Gasteiger partial charge in [-0.15, -0.1) is 0 Å². The first-order chi connectivity index (χ1) is 20.4. The van der Waals surface area contributed by atoms with Crippen molar-refractivity contribution in [3.8, 4) is 17.6 Å². The average molecular weight is 593 g/mol. The smallest absolute Gasteiger partial charge is 0.417 e. The quantitative estimate of drug-likeness (QED) is 0.311. The first-order valence-corrected chi connectivity index (χ1v) is 13.0. The summed E-state index contributed by atoms with van der Waals surface area (Å²) in [6.45, 7) is 1.74. The fraction of sp³-hybridized carbons (Fsp3) is 0.296. The fourth-order valence-corrected chi connectivity index (χ4v) is 4.75. The van der Waals surface area contributed by atoms with Crippen molar-refractivity contribution in [1.82, 2.24) is 33.7 Å². The van der Waals surface area contributed by atoms with Crippen LogP contribution in [0.1, 0.15) is 29.7 Å². The van der Waals surface area contributed by atoms with Gasteiger partial charge in [0.2, 0.25) is 11.9 Å². The van der Waals surface area contributed by atoms with E-state index < -0.39 is 17.3 Å². The lowest BCUT2D eigenvalue weighted by molar-refractivity contribution is -0.138. The summed E-state index contributed by atoms with van der Waals surface area (Å²) in [6, 6.07) is 2.77. The molecule has 5 aromatic heterocycles. The molecule has 5 aromatic rings. The van der Waals surface area contributed by atoms with Crippen LogP contribution in [0.15, 0.2) is 35.6 Å². The number of rotatable bonds is 6. The van der Waals surface area contributed by atoms with E-state index in [0.29, 0.717) is 29.3 Å². The minimum Gasteiger partial charge on any atom is -0.450 e. The molecule has 220 valence electrons. The van der Waals surface area contributed by atoms with Crippen LogP contribution >= 0.6 is 0 Å². The second kappa shape index (κ2) is 9.82. The Morgan fingerprint density at radius 1 is 1.16 bits per heavy atom. The van der Waals surface area contributed by atoms with Crippen LogP contribution in [0.5, 0.6) is 11.5 Å². The molecule has 43 heavy (non-hydrogen) atoms. The fourth-order valence-electron chi connectivity index (χ4n) is 4.75. The Kier molecular flexibility index (Phi) is 6.33. The van der Waals surface area contributed by atoms with Gasteiger partial charge >= 0.3 is 6.18 Å². The van der Waals surface area contributed by atoms with Crippen molar-refractivity contribution in [2.45, 2.75) is 25.9 Å². The minimum atomic E-state index is -4.67. The lowest BCUT2D eigenvalue weighted by atomic mass is 10.2. The van der Waals surface area contributed by atoms with Crippen LogP contribution in [-0.4, -0.2) is 46.7 Å². The Balaban J connectivity index is 1.36. The highest BCUT2D eigenvalue weighted by molar-refractivity contribution is 5.95. The van der Waals surface area contributed by atoms with E-state index in [2.05, 4.69) is 31.4 Å². The third-order valence-electron chi connectivity index (χ3n) is 7.18. The van der Waals surface area contributed by atoms with Crippen molar-refractivity contribution >= 4 is 40.0 Å². The molecule has 1 aliphatic rings. The van der Waals surface area contributed by atoms with Crippen molar-refractivity contribution < 1.29 is 22.7 Å². The molecule has 1 fully saturated rings. The molecule has 1 N–H and O–H groups in total. The number of fused-ring (bicyclic) bond motifs is 2. The second-order valence-corrected chi connectivity index (χ2v) is 10.2. The molecule has 1 aliphatic carbocycles. The van der Waals surface area contributed by atoms with Crippen molar-refractivity contribution in [1.29, 1.82) is 5.26 Å². The summed E-state index contributed by atoms with van der Waals surface area (Å²) < 4.78 is 49.9. The topological polar surface area (TPSA) is 148 Å². The molecule has 1 amide bonds. The summed E-state index contributed by atoms with van der Waals surface area (Å²) in [5, 5.41) is 17.1. The van der Waals surface area contributed by atoms with Crippen LogP contribution < -0.4 is 20.5 Å². The molecule has 0 atom stereocenters. The SMILES string of the molecule is Cc1nc(N(C)C(=O)C2CC2)cn2ncc(Oc3cnc4nc(Nc5cc(C(F)(F)F)cn(C)c5=O)n(C)c4c3C#N)c12. The molecule has 0 spiro atoms. The number of halogens is 3. The minimum absolute atomic E-state index is 0.00799. The Labute approximate surface area is 240 Å².